The molecule has 2 aromatic carbocycles. The summed E-state index contributed by atoms with van der Waals surface area (Å²) in [7, 11) is 3.23. The van der Waals surface area contributed by atoms with E-state index in [1.807, 2.05) is 42.5 Å². The van der Waals surface area contributed by atoms with Crippen LogP contribution in [0.4, 0.5) is 11.4 Å². The van der Waals surface area contributed by atoms with Gasteiger partial charge in [-0.15, -0.1) is 0 Å². The first-order valence-electron chi connectivity index (χ1n) is 9.92. The molecule has 1 aliphatic heterocycles. The molecule has 1 N–H and O–H groups in total. The molecule has 4 rings (SSSR count). The molecule has 1 aliphatic carbocycles. The number of hydrogen-bond acceptors (Lipinski definition) is 5. The number of nitrogens with zero attached hydrogens (tertiary/aromatic N) is 2. The van der Waals surface area contributed by atoms with Crippen molar-refractivity contribution in [1.82, 2.24) is 5.32 Å². The lowest BCUT2D eigenvalue weighted by molar-refractivity contribution is -0.120. The number of amides is 1. The zero-order valence-electron chi connectivity index (χ0n) is 16.9. The number of benzene rings is 2. The zero-order chi connectivity index (χ0) is 20.4. The van der Waals surface area contributed by atoms with Gasteiger partial charge in [-0.3, -0.25) is 9.79 Å². The molecule has 0 unspecified atom stereocenters. The van der Waals surface area contributed by atoms with Gasteiger partial charge in [0.1, 0.15) is 5.84 Å². The van der Waals surface area contributed by atoms with E-state index in [1.165, 1.54) is 0 Å². The maximum atomic E-state index is 12.6. The molecule has 1 saturated carbocycles. The van der Waals surface area contributed by atoms with Gasteiger partial charge in [-0.2, -0.15) is 0 Å². The van der Waals surface area contributed by atoms with Crippen LogP contribution in [0.1, 0.15) is 37.7 Å². The molecule has 1 heterocycles. The Morgan fingerprint density at radius 2 is 1.72 bits per heavy atom. The fraction of sp³-hybridized carbons (Fsp3) is 0.348. The SMILES string of the molecule is CCC1=Nc2ccccc2N=C(NC(=O)C2CC2)[C@H]1c1ccc(OC)c(OC)c1. The third-order valence-corrected chi connectivity index (χ3v) is 5.30. The van der Waals surface area contributed by atoms with Crippen LogP contribution in [0.3, 0.4) is 0 Å². The quantitative estimate of drug-likeness (QED) is 0.813. The number of methoxy groups -OCH3 is 2. The van der Waals surface area contributed by atoms with E-state index in [4.69, 9.17) is 19.5 Å². The fourth-order valence-electron chi connectivity index (χ4n) is 3.56. The third-order valence-electron chi connectivity index (χ3n) is 5.30. The molecule has 2 aliphatic rings. The van der Waals surface area contributed by atoms with Gasteiger partial charge in [0.15, 0.2) is 11.5 Å². The van der Waals surface area contributed by atoms with Gasteiger partial charge >= 0.3 is 0 Å². The summed E-state index contributed by atoms with van der Waals surface area (Å²) in [5.41, 5.74) is 3.46. The molecule has 6 nitrogen and oxygen atoms in total. The molecule has 1 atom stereocenters. The van der Waals surface area contributed by atoms with Crippen molar-refractivity contribution in [3.8, 4) is 11.5 Å². The van der Waals surface area contributed by atoms with Gasteiger partial charge in [0.05, 0.1) is 31.5 Å². The minimum Gasteiger partial charge on any atom is -0.493 e. The molecule has 0 bridgehead atoms. The van der Waals surface area contributed by atoms with Crippen molar-refractivity contribution in [3.63, 3.8) is 0 Å². The van der Waals surface area contributed by atoms with E-state index in [1.54, 1.807) is 14.2 Å². The summed E-state index contributed by atoms with van der Waals surface area (Å²) in [5.74, 6) is 1.75. The van der Waals surface area contributed by atoms with Crippen LogP contribution < -0.4 is 14.8 Å². The average Bonchev–Trinajstić information content (AvgIpc) is 3.59. The van der Waals surface area contributed by atoms with Crippen LogP contribution in [0.2, 0.25) is 0 Å². The van der Waals surface area contributed by atoms with Gasteiger partial charge in [-0.05, 0) is 49.1 Å². The second-order valence-electron chi connectivity index (χ2n) is 7.25. The van der Waals surface area contributed by atoms with E-state index < -0.39 is 0 Å². The Labute approximate surface area is 170 Å². The van der Waals surface area contributed by atoms with Gasteiger partial charge in [-0.1, -0.05) is 25.1 Å². The van der Waals surface area contributed by atoms with Gasteiger partial charge in [0.25, 0.3) is 0 Å². The number of para-hydroxylation sites is 2. The molecule has 1 fully saturated rings. The molecule has 0 aromatic heterocycles. The van der Waals surface area contributed by atoms with Crippen LogP contribution in [-0.2, 0) is 4.79 Å². The number of hydrogen-bond donors (Lipinski definition) is 1. The molecular weight excluding hydrogens is 366 g/mol. The molecule has 0 radical (unpaired) electrons. The van der Waals surface area contributed by atoms with Gasteiger partial charge in [-0.25, -0.2) is 4.99 Å². The lowest BCUT2D eigenvalue weighted by Gasteiger charge is -2.22. The highest BCUT2D eigenvalue weighted by Crippen LogP contribution is 2.38. The summed E-state index contributed by atoms with van der Waals surface area (Å²) in [6.07, 6.45) is 2.60. The standard InChI is InChI=1S/C23H25N3O3/c1-4-16-21(15-11-12-19(28-2)20(13-15)29-3)22(26-23(27)14-9-10-14)25-18-8-6-5-7-17(18)24-16/h5-8,11-14,21H,4,9-10H2,1-3H3,(H,25,26,27)/t21-/m0/s1. The van der Waals surface area contributed by atoms with Gasteiger partial charge in [0.2, 0.25) is 5.91 Å². The summed E-state index contributed by atoms with van der Waals surface area (Å²) in [6.45, 7) is 2.07. The van der Waals surface area contributed by atoms with Crippen LogP contribution in [0.15, 0.2) is 52.4 Å². The highest BCUT2D eigenvalue weighted by atomic mass is 16.5. The van der Waals surface area contributed by atoms with Crippen LogP contribution in [0, 0.1) is 5.92 Å². The van der Waals surface area contributed by atoms with Crippen molar-refractivity contribution in [2.45, 2.75) is 32.1 Å². The molecule has 0 saturated heterocycles. The number of aliphatic imine (C=N–C) groups is 2. The first-order chi connectivity index (χ1) is 14.1. The Hall–Kier alpha value is -3.15. The Morgan fingerprint density at radius 3 is 2.34 bits per heavy atom. The largest absolute Gasteiger partial charge is 0.493 e. The van der Waals surface area contributed by atoms with Crippen molar-refractivity contribution < 1.29 is 14.3 Å². The average molecular weight is 391 g/mol. The van der Waals surface area contributed by atoms with Crippen LogP contribution in [0.25, 0.3) is 0 Å². The Kier molecular flexibility index (Phi) is 5.34. The van der Waals surface area contributed by atoms with E-state index in [-0.39, 0.29) is 17.7 Å². The second-order valence-corrected chi connectivity index (χ2v) is 7.25. The molecular formula is C23H25N3O3. The van der Waals surface area contributed by atoms with E-state index in [0.717, 1.165) is 41.9 Å². The van der Waals surface area contributed by atoms with E-state index >= 15 is 0 Å². The Bertz CT molecular complexity index is 993. The molecule has 2 aromatic rings. The monoisotopic (exact) mass is 391 g/mol. The van der Waals surface area contributed by atoms with Crippen molar-refractivity contribution in [1.29, 1.82) is 0 Å². The number of fused-ring (bicyclic) bond motifs is 1. The highest BCUT2D eigenvalue weighted by Gasteiger charge is 2.34. The number of carbonyl (C=O) groups is 1. The highest BCUT2D eigenvalue weighted by molar-refractivity contribution is 6.18. The predicted octanol–water partition coefficient (Wildman–Crippen LogP) is 4.54. The molecule has 150 valence electrons. The summed E-state index contributed by atoms with van der Waals surface area (Å²) in [6, 6.07) is 13.5. The van der Waals surface area contributed by atoms with E-state index in [9.17, 15) is 4.79 Å². The topological polar surface area (TPSA) is 72.3 Å². The summed E-state index contributed by atoms with van der Waals surface area (Å²) < 4.78 is 10.9. The minimum atomic E-state index is -0.269. The summed E-state index contributed by atoms with van der Waals surface area (Å²) in [5, 5.41) is 3.10. The number of carbonyl (C=O) groups excluding carboxylic acids is 1. The normalized spacial score (nSPS) is 18.1. The molecule has 0 spiro atoms. The lowest BCUT2D eigenvalue weighted by Crippen LogP contribution is -2.38. The molecule has 29 heavy (non-hydrogen) atoms. The van der Waals surface area contributed by atoms with Crippen LogP contribution in [0.5, 0.6) is 11.5 Å². The maximum Gasteiger partial charge on any atom is 0.228 e. The minimum absolute atomic E-state index is 0.0315. The van der Waals surface area contributed by atoms with E-state index in [2.05, 4.69) is 12.2 Å². The predicted molar refractivity (Wildman–Crippen MR) is 114 cm³/mol. The van der Waals surface area contributed by atoms with Crippen LogP contribution >= 0.6 is 0 Å². The first-order valence-corrected chi connectivity index (χ1v) is 9.92. The number of nitrogens with one attached hydrogen (secondary N) is 1. The van der Waals surface area contributed by atoms with Crippen molar-refractivity contribution in [2.75, 3.05) is 14.2 Å². The van der Waals surface area contributed by atoms with Crippen molar-refractivity contribution in [3.05, 3.63) is 48.0 Å². The first kappa shape index (κ1) is 19.2. The third kappa shape index (κ3) is 3.88. The fourth-order valence-corrected chi connectivity index (χ4v) is 3.56. The molecule has 1 amide bonds. The number of amidine groups is 1. The van der Waals surface area contributed by atoms with Gasteiger partial charge in [0, 0.05) is 11.6 Å². The Balaban J connectivity index is 1.84. The Morgan fingerprint density at radius 1 is 1.03 bits per heavy atom. The second kappa shape index (κ2) is 8.07. The number of rotatable bonds is 5. The lowest BCUT2D eigenvalue weighted by atomic mass is 9.90. The summed E-state index contributed by atoms with van der Waals surface area (Å²) >= 11 is 0. The van der Waals surface area contributed by atoms with Crippen molar-refractivity contribution >= 4 is 28.8 Å². The van der Waals surface area contributed by atoms with E-state index in [0.29, 0.717) is 17.3 Å². The van der Waals surface area contributed by atoms with Crippen LogP contribution in [-0.4, -0.2) is 31.7 Å². The van der Waals surface area contributed by atoms with Crippen molar-refractivity contribution in [2.24, 2.45) is 15.9 Å². The van der Waals surface area contributed by atoms with Gasteiger partial charge < -0.3 is 14.8 Å². The zero-order valence-corrected chi connectivity index (χ0v) is 16.9. The maximum absolute atomic E-state index is 12.6. The smallest absolute Gasteiger partial charge is 0.228 e. The molecule has 6 heteroatoms. The number of ether oxygens (including phenoxy) is 2. The summed E-state index contributed by atoms with van der Waals surface area (Å²) in [4.78, 5) is 22.4.